The number of carbonyl (C=O) groups is 1. The maximum absolute atomic E-state index is 10.7. The summed E-state index contributed by atoms with van der Waals surface area (Å²) in [7, 11) is 0. The fourth-order valence-corrected chi connectivity index (χ4v) is 1.60. The third kappa shape index (κ3) is 4.52. The Kier molecular flexibility index (Phi) is 4.08. The normalized spacial score (nSPS) is 14.9. The van der Waals surface area contributed by atoms with Crippen molar-refractivity contribution in [2.24, 2.45) is 5.92 Å². The molecule has 0 atom stereocenters. The molecule has 0 aliphatic heterocycles. The van der Waals surface area contributed by atoms with Gasteiger partial charge >= 0.3 is 0 Å². The fourth-order valence-electron chi connectivity index (χ4n) is 1.60. The van der Waals surface area contributed by atoms with Crippen LogP contribution in [-0.2, 0) is 17.9 Å². The minimum atomic E-state index is -0.0172. The van der Waals surface area contributed by atoms with E-state index in [1.165, 1.54) is 19.8 Å². The van der Waals surface area contributed by atoms with Gasteiger partial charge in [0.25, 0.3) is 0 Å². The van der Waals surface area contributed by atoms with E-state index >= 15 is 0 Å². The molecule has 1 aromatic rings. The number of carbonyl (C=O) groups excluding carboxylic acids is 1. The quantitative estimate of drug-likeness (QED) is 0.695. The van der Waals surface area contributed by atoms with Gasteiger partial charge in [0, 0.05) is 26.2 Å². The number of nitrogens with one attached hydrogen (secondary N) is 2. The van der Waals surface area contributed by atoms with Crippen LogP contribution in [0.4, 0.5) is 0 Å². The Bertz CT molecular complexity index is 372. The fraction of sp³-hybridized carbons (Fsp3) is 0.727. The molecule has 6 nitrogen and oxygen atoms in total. The number of amides is 1. The molecule has 1 amide bonds. The number of nitrogens with zero attached hydrogens (tertiary/aromatic N) is 3. The van der Waals surface area contributed by atoms with Gasteiger partial charge in [-0.25, -0.2) is 0 Å². The van der Waals surface area contributed by atoms with Crippen LogP contribution in [0.3, 0.4) is 0 Å². The predicted molar refractivity (Wildman–Crippen MR) is 63.1 cm³/mol. The maximum atomic E-state index is 10.7. The van der Waals surface area contributed by atoms with Gasteiger partial charge < -0.3 is 10.6 Å². The average molecular weight is 237 g/mol. The lowest BCUT2D eigenvalue weighted by Gasteiger charge is -2.01. The number of hydrogen-bond donors (Lipinski definition) is 2. The van der Waals surface area contributed by atoms with Crippen LogP contribution in [0.5, 0.6) is 0 Å². The summed E-state index contributed by atoms with van der Waals surface area (Å²) in [5.74, 6) is 0.862. The van der Waals surface area contributed by atoms with Gasteiger partial charge in [-0.1, -0.05) is 5.21 Å². The summed E-state index contributed by atoms with van der Waals surface area (Å²) in [6.45, 7) is 4.62. The smallest absolute Gasteiger partial charge is 0.216 e. The molecule has 0 saturated heterocycles. The molecule has 0 radical (unpaired) electrons. The van der Waals surface area contributed by atoms with Crippen molar-refractivity contribution in [3.63, 3.8) is 0 Å². The van der Waals surface area contributed by atoms with Gasteiger partial charge in [-0.15, -0.1) is 5.10 Å². The molecule has 1 heterocycles. The van der Waals surface area contributed by atoms with Crippen LogP contribution in [0, 0.1) is 5.92 Å². The van der Waals surface area contributed by atoms with E-state index in [0.29, 0.717) is 13.1 Å². The molecule has 1 aromatic heterocycles. The van der Waals surface area contributed by atoms with Gasteiger partial charge in [-0.05, 0) is 25.3 Å². The molecule has 1 fully saturated rings. The zero-order valence-electron chi connectivity index (χ0n) is 10.1. The molecule has 1 aliphatic carbocycles. The van der Waals surface area contributed by atoms with Gasteiger partial charge in [0.1, 0.15) is 0 Å². The Morgan fingerprint density at radius 2 is 2.41 bits per heavy atom. The number of hydrogen-bond acceptors (Lipinski definition) is 4. The number of aromatic nitrogens is 3. The second-order valence-corrected chi connectivity index (χ2v) is 4.53. The highest BCUT2D eigenvalue weighted by Gasteiger charge is 2.20. The van der Waals surface area contributed by atoms with Crippen LogP contribution in [-0.4, -0.2) is 34.0 Å². The predicted octanol–water partition coefficient (Wildman–Crippen LogP) is -0.0862. The van der Waals surface area contributed by atoms with Crippen LogP contribution >= 0.6 is 0 Å². The van der Waals surface area contributed by atoms with Crippen LogP contribution in [0.1, 0.15) is 25.5 Å². The van der Waals surface area contributed by atoms with E-state index in [2.05, 4.69) is 20.9 Å². The number of rotatable bonds is 7. The molecule has 1 saturated carbocycles. The Morgan fingerprint density at radius 1 is 1.59 bits per heavy atom. The first kappa shape index (κ1) is 12.0. The lowest BCUT2D eigenvalue weighted by Crippen LogP contribution is -2.24. The topological polar surface area (TPSA) is 71.8 Å². The largest absolute Gasteiger partial charge is 0.354 e. The van der Waals surface area contributed by atoms with E-state index in [1.54, 1.807) is 4.68 Å². The molecule has 2 N–H and O–H groups in total. The van der Waals surface area contributed by atoms with E-state index in [-0.39, 0.29) is 5.91 Å². The summed E-state index contributed by atoms with van der Waals surface area (Å²) >= 11 is 0. The lowest BCUT2D eigenvalue weighted by atomic mass is 10.4. The molecular formula is C11H19N5O. The molecule has 6 heteroatoms. The summed E-state index contributed by atoms with van der Waals surface area (Å²) in [6.07, 6.45) is 4.63. The Balaban J connectivity index is 1.65. The average Bonchev–Trinajstić information content (AvgIpc) is 2.98. The third-order valence-corrected chi connectivity index (χ3v) is 2.74. The lowest BCUT2D eigenvalue weighted by molar-refractivity contribution is -0.118. The molecule has 17 heavy (non-hydrogen) atoms. The highest BCUT2D eigenvalue weighted by molar-refractivity contribution is 5.72. The summed E-state index contributed by atoms with van der Waals surface area (Å²) < 4.78 is 1.75. The Morgan fingerprint density at radius 3 is 3.12 bits per heavy atom. The summed E-state index contributed by atoms with van der Waals surface area (Å²) in [6, 6.07) is 0. The molecule has 0 aromatic carbocycles. The first-order valence-electron chi connectivity index (χ1n) is 6.08. The van der Waals surface area contributed by atoms with Crippen LogP contribution in [0.15, 0.2) is 6.20 Å². The standard InChI is InChI=1S/C11H19N5O/c1-9(17)13-4-5-16-8-11(14-15-16)7-12-6-10-2-3-10/h8,10,12H,2-7H2,1H3,(H,13,17). The van der Waals surface area contributed by atoms with E-state index in [9.17, 15) is 4.79 Å². The molecule has 0 unspecified atom stereocenters. The maximum Gasteiger partial charge on any atom is 0.216 e. The van der Waals surface area contributed by atoms with Crippen LogP contribution in [0.2, 0.25) is 0 Å². The van der Waals surface area contributed by atoms with Gasteiger partial charge in [-0.2, -0.15) is 0 Å². The van der Waals surface area contributed by atoms with Gasteiger partial charge in [-0.3, -0.25) is 9.48 Å². The highest BCUT2D eigenvalue weighted by Crippen LogP contribution is 2.27. The van der Waals surface area contributed by atoms with Gasteiger partial charge in [0.05, 0.1) is 12.2 Å². The Labute approximate surface area is 101 Å². The van der Waals surface area contributed by atoms with Crippen LogP contribution < -0.4 is 10.6 Å². The molecule has 0 bridgehead atoms. The molecular weight excluding hydrogens is 218 g/mol. The molecule has 0 spiro atoms. The van der Waals surface area contributed by atoms with Crippen molar-refractivity contribution in [3.8, 4) is 0 Å². The van der Waals surface area contributed by atoms with Crippen molar-refractivity contribution in [2.75, 3.05) is 13.1 Å². The van der Waals surface area contributed by atoms with E-state index < -0.39 is 0 Å². The first-order valence-corrected chi connectivity index (χ1v) is 6.08. The van der Waals surface area contributed by atoms with Crippen molar-refractivity contribution in [1.82, 2.24) is 25.6 Å². The first-order chi connectivity index (χ1) is 8.24. The molecule has 1 aliphatic rings. The van der Waals surface area contributed by atoms with Crippen molar-refractivity contribution in [2.45, 2.75) is 32.9 Å². The van der Waals surface area contributed by atoms with Crippen molar-refractivity contribution < 1.29 is 4.79 Å². The van der Waals surface area contributed by atoms with Gasteiger partial charge in [0.2, 0.25) is 5.91 Å². The van der Waals surface area contributed by atoms with E-state index in [0.717, 1.165) is 24.7 Å². The second-order valence-electron chi connectivity index (χ2n) is 4.53. The second kappa shape index (κ2) is 5.77. The molecule has 2 rings (SSSR count). The van der Waals surface area contributed by atoms with Crippen LogP contribution in [0.25, 0.3) is 0 Å². The third-order valence-electron chi connectivity index (χ3n) is 2.74. The summed E-state index contributed by atoms with van der Waals surface area (Å²) in [5, 5.41) is 14.2. The highest BCUT2D eigenvalue weighted by atomic mass is 16.1. The monoisotopic (exact) mass is 237 g/mol. The Hall–Kier alpha value is -1.43. The summed E-state index contributed by atoms with van der Waals surface area (Å²) in [4.78, 5) is 10.7. The minimum absolute atomic E-state index is 0.0172. The minimum Gasteiger partial charge on any atom is -0.354 e. The van der Waals surface area contributed by atoms with E-state index in [1.807, 2.05) is 6.20 Å². The SMILES string of the molecule is CC(=O)NCCn1cc(CNCC2CC2)nn1. The van der Waals surface area contributed by atoms with Crippen molar-refractivity contribution in [3.05, 3.63) is 11.9 Å². The zero-order valence-corrected chi connectivity index (χ0v) is 10.1. The van der Waals surface area contributed by atoms with Crippen molar-refractivity contribution in [1.29, 1.82) is 0 Å². The molecule has 94 valence electrons. The van der Waals surface area contributed by atoms with Gasteiger partial charge in [0.15, 0.2) is 0 Å². The van der Waals surface area contributed by atoms with E-state index in [4.69, 9.17) is 0 Å². The van der Waals surface area contributed by atoms with Crippen molar-refractivity contribution >= 4 is 5.91 Å². The zero-order chi connectivity index (χ0) is 12.1. The summed E-state index contributed by atoms with van der Waals surface area (Å²) in [5.41, 5.74) is 0.952.